The molecule has 1 aromatic heterocycles. The van der Waals surface area contributed by atoms with E-state index in [1.807, 2.05) is 19.0 Å². The van der Waals surface area contributed by atoms with E-state index in [-0.39, 0.29) is 83.8 Å². The zero-order valence-corrected chi connectivity index (χ0v) is 36.6. The summed E-state index contributed by atoms with van der Waals surface area (Å²) in [7, 11) is 3.71. The molecule has 1 heterocycles. The van der Waals surface area contributed by atoms with Gasteiger partial charge in [0.05, 0.1) is 31.0 Å². The molecule has 11 heteroatoms. The first-order chi connectivity index (χ1) is 26.4. The number of allylic oxidation sites excluding steroid dienone is 1. The van der Waals surface area contributed by atoms with Crippen LogP contribution in [0, 0.1) is 56.2 Å². The van der Waals surface area contributed by atoms with Crippen LogP contribution in [-0.4, -0.2) is 93.0 Å². The van der Waals surface area contributed by atoms with E-state index < -0.39 is 28.9 Å². The number of fused-ring (bicyclic) bond motifs is 7. The molecule has 0 saturated heterocycles. The van der Waals surface area contributed by atoms with Crippen molar-refractivity contribution in [2.75, 3.05) is 27.2 Å². The van der Waals surface area contributed by atoms with Gasteiger partial charge in [-0.05, 0) is 131 Å². The summed E-state index contributed by atoms with van der Waals surface area (Å²) in [4.78, 5) is 65.2. The maximum Gasteiger partial charge on any atom is 0.309 e. The Bertz CT molecular complexity index is 1770. The first-order valence-electron chi connectivity index (χ1n) is 21.5. The van der Waals surface area contributed by atoms with Crippen molar-refractivity contribution < 1.29 is 34.1 Å². The highest BCUT2D eigenvalue weighted by Gasteiger charge is 2.71. The van der Waals surface area contributed by atoms with Gasteiger partial charge in [-0.1, -0.05) is 54.0 Å². The number of aliphatic hydroxyl groups is 1. The molecule has 6 rings (SSSR count). The van der Waals surface area contributed by atoms with Crippen LogP contribution in [0.25, 0.3) is 0 Å². The van der Waals surface area contributed by atoms with E-state index in [2.05, 4.69) is 58.4 Å². The van der Waals surface area contributed by atoms with Crippen LogP contribution in [0.3, 0.4) is 0 Å². The number of nitrogens with zero attached hydrogens (tertiary/aromatic N) is 4. The number of carboxylic acids is 1. The van der Waals surface area contributed by atoms with Crippen molar-refractivity contribution in [3.05, 3.63) is 35.4 Å². The van der Waals surface area contributed by atoms with Crippen molar-refractivity contribution in [2.45, 2.75) is 145 Å². The number of aliphatic hydroxyl groups excluding tert-OH is 1. The van der Waals surface area contributed by atoms with Gasteiger partial charge in [0.1, 0.15) is 11.9 Å². The highest BCUT2D eigenvalue weighted by molar-refractivity contribution is 6.00. The highest BCUT2D eigenvalue weighted by atomic mass is 16.5. The molecule has 5 aliphatic rings. The Hall–Kier alpha value is -3.18. The lowest BCUT2D eigenvalue weighted by atomic mass is 9.33. The molecular weight excluding hydrogens is 721 g/mol. The summed E-state index contributed by atoms with van der Waals surface area (Å²) in [5, 5.41) is 22.2. The molecule has 11 nitrogen and oxygen atoms in total. The van der Waals surface area contributed by atoms with Crippen molar-refractivity contribution in [3.8, 4) is 0 Å². The number of carboxylic acid groups (broad SMARTS) is 1. The lowest BCUT2D eigenvalue weighted by Crippen LogP contribution is -2.66. The van der Waals surface area contributed by atoms with E-state index in [4.69, 9.17) is 4.74 Å². The molecule has 9 atom stereocenters. The minimum atomic E-state index is -1.19. The van der Waals surface area contributed by atoms with Gasteiger partial charge in [-0.3, -0.25) is 19.2 Å². The number of ether oxygens (including phenoxy) is 1. The molecule has 316 valence electrons. The van der Waals surface area contributed by atoms with Crippen LogP contribution in [0.5, 0.6) is 0 Å². The number of carbonyl (C=O) groups excluding carboxylic acids is 3. The van der Waals surface area contributed by atoms with Gasteiger partial charge in [0.15, 0.2) is 5.78 Å². The summed E-state index contributed by atoms with van der Waals surface area (Å²) in [6.07, 6.45) is 9.49. The quantitative estimate of drug-likeness (QED) is 0.210. The van der Waals surface area contributed by atoms with Crippen LogP contribution in [0.2, 0.25) is 0 Å². The molecule has 1 amide bonds. The fourth-order valence-corrected chi connectivity index (χ4v) is 13.5. The van der Waals surface area contributed by atoms with Crippen LogP contribution in [-0.2, 0) is 30.5 Å². The third kappa shape index (κ3) is 7.18. The van der Waals surface area contributed by atoms with E-state index >= 15 is 0 Å². The zero-order valence-electron chi connectivity index (χ0n) is 36.6. The molecule has 0 aliphatic heterocycles. The number of esters is 1. The summed E-state index contributed by atoms with van der Waals surface area (Å²) in [6, 6.07) is 1.75. The Morgan fingerprint density at radius 2 is 1.60 bits per heavy atom. The van der Waals surface area contributed by atoms with Gasteiger partial charge >= 0.3 is 11.9 Å². The normalized spacial score (nSPS) is 35.2. The average Bonchev–Trinajstić information content (AvgIpc) is 3.42. The molecule has 1 aromatic rings. The number of carbonyl (C=O) groups is 4. The Morgan fingerprint density at radius 1 is 0.930 bits per heavy atom. The maximum absolute atomic E-state index is 14.3. The van der Waals surface area contributed by atoms with Gasteiger partial charge in [-0.2, -0.15) is 0 Å². The average molecular weight is 791 g/mol. The van der Waals surface area contributed by atoms with Gasteiger partial charge < -0.3 is 24.7 Å². The summed E-state index contributed by atoms with van der Waals surface area (Å²) in [5.41, 5.74) is -0.260. The second-order valence-electron chi connectivity index (χ2n) is 21.2. The minimum Gasteiger partial charge on any atom is -0.481 e. The zero-order chi connectivity index (χ0) is 42.1. The Balaban J connectivity index is 1.30. The smallest absolute Gasteiger partial charge is 0.309 e. The summed E-state index contributed by atoms with van der Waals surface area (Å²) in [5.74, 6) is 0.00282. The van der Waals surface area contributed by atoms with E-state index in [1.165, 1.54) is 5.57 Å². The lowest BCUT2D eigenvalue weighted by molar-refractivity contribution is -0.235. The van der Waals surface area contributed by atoms with Crippen molar-refractivity contribution in [1.82, 2.24) is 19.8 Å². The van der Waals surface area contributed by atoms with Crippen LogP contribution in [0.15, 0.2) is 29.6 Å². The van der Waals surface area contributed by atoms with Gasteiger partial charge in [0.2, 0.25) is 5.91 Å². The lowest BCUT2D eigenvalue weighted by Gasteiger charge is -2.72. The topological polar surface area (TPSA) is 150 Å². The van der Waals surface area contributed by atoms with Crippen molar-refractivity contribution in [3.63, 3.8) is 0 Å². The summed E-state index contributed by atoms with van der Waals surface area (Å²) >= 11 is 0. The highest BCUT2D eigenvalue weighted by Crippen LogP contribution is 2.77. The van der Waals surface area contributed by atoms with Gasteiger partial charge in [-0.15, -0.1) is 0 Å². The number of likely N-dealkylation sites (N-methyl/N-ethyl adjacent to an activating group) is 1. The van der Waals surface area contributed by atoms with Gasteiger partial charge in [-0.25, -0.2) is 9.97 Å². The largest absolute Gasteiger partial charge is 0.481 e. The predicted octanol–water partition coefficient (Wildman–Crippen LogP) is 7.12. The number of ketones is 1. The third-order valence-corrected chi connectivity index (χ3v) is 16.6. The standard InChI is InChI=1S/C46H70N4O7/c1-28(2)38-30(51)23-46(33(52)25-50(36(53)27-49(10)11)26-35-47-21-12-22-48-35)20-19-44(8)29(39(38)46)13-14-32-43(7)17-16-34(57-37(54)24-41(3,4)40(55)56)42(5,6)31(43)15-18-45(32,44)9/h12,21-22,28-29,31-34,52H,13-20,23-27H2,1-11H3,(H,55,56)/t29-,31+,32-,33+,34-,43+,44-,45-,46+/m1/s1. The Morgan fingerprint density at radius 3 is 2.21 bits per heavy atom. The minimum absolute atomic E-state index is 0.00926. The summed E-state index contributed by atoms with van der Waals surface area (Å²) in [6.45, 7) is 19.8. The molecule has 4 saturated carbocycles. The summed E-state index contributed by atoms with van der Waals surface area (Å²) < 4.78 is 6.17. The number of aliphatic carboxylic acids is 1. The van der Waals surface area contributed by atoms with Crippen LogP contribution in [0.4, 0.5) is 0 Å². The monoisotopic (exact) mass is 791 g/mol. The second kappa shape index (κ2) is 15.1. The molecular formula is C46H70N4O7. The van der Waals surface area contributed by atoms with Gasteiger partial charge in [0.25, 0.3) is 0 Å². The SMILES string of the molecule is CC(C)C1=C2[C@H]3CC[C@@H]4[C@@]5(C)CC[C@@H](OC(=O)CC(C)(C)C(=O)O)C(C)(C)[C@@H]5CC[C@@]4(C)[C@]3(C)CC[C@@]2([C@@H](O)CN(Cc2ncccn2)C(=O)CN(C)C)CC1=O. The molecule has 0 spiro atoms. The Labute approximate surface area is 340 Å². The number of rotatable bonds is 12. The number of Topliss-reactive ketones (excluding diaryl/α,β-unsaturated/α-hetero) is 1. The third-order valence-electron chi connectivity index (χ3n) is 16.6. The van der Waals surface area contributed by atoms with Crippen LogP contribution in [0.1, 0.15) is 132 Å². The molecule has 0 bridgehead atoms. The predicted molar refractivity (Wildman–Crippen MR) is 217 cm³/mol. The van der Waals surface area contributed by atoms with Crippen LogP contribution < -0.4 is 0 Å². The number of hydrogen-bond donors (Lipinski definition) is 2. The molecule has 57 heavy (non-hydrogen) atoms. The van der Waals surface area contributed by atoms with E-state index in [0.29, 0.717) is 24.1 Å². The Kier molecular flexibility index (Phi) is 11.5. The first-order valence-corrected chi connectivity index (χ1v) is 21.5. The van der Waals surface area contributed by atoms with Crippen molar-refractivity contribution in [2.24, 2.45) is 56.2 Å². The van der Waals surface area contributed by atoms with E-state index in [1.54, 1.807) is 37.2 Å². The van der Waals surface area contributed by atoms with Crippen LogP contribution >= 0.6 is 0 Å². The van der Waals surface area contributed by atoms with E-state index in [9.17, 15) is 29.4 Å². The fourth-order valence-electron chi connectivity index (χ4n) is 13.5. The molecule has 0 radical (unpaired) electrons. The molecule has 2 N–H and O–H groups in total. The molecule has 0 unspecified atom stereocenters. The fraction of sp³-hybridized carbons (Fsp3) is 0.783. The molecule has 5 aliphatic carbocycles. The van der Waals surface area contributed by atoms with E-state index in [0.717, 1.165) is 50.5 Å². The number of aromatic nitrogens is 2. The number of hydrogen-bond acceptors (Lipinski definition) is 9. The number of amides is 1. The van der Waals surface area contributed by atoms with Crippen molar-refractivity contribution >= 4 is 23.6 Å². The van der Waals surface area contributed by atoms with Gasteiger partial charge in [0, 0.05) is 36.2 Å². The second-order valence-corrected chi connectivity index (χ2v) is 21.2. The molecule has 4 fully saturated rings. The van der Waals surface area contributed by atoms with Crippen molar-refractivity contribution in [1.29, 1.82) is 0 Å². The molecule has 0 aromatic carbocycles. The first kappa shape index (κ1) is 43.4. The maximum atomic E-state index is 14.3.